The summed E-state index contributed by atoms with van der Waals surface area (Å²) >= 11 is 6.18. The highest BCUT2D eigenvalue weighted by Gasteiger charge is 2.10. The molecule has 0 atom stereocenters. The standard InChI is InChI=1S/C17H13ClN4O2.ClH/c18-14-8-21-15(22-17(19)20)13-7-10(4-5-12(13)14)9-2-1-3-11(6-9)16(23)24;/h1-8H,(H,23,24)(H4,19,20,21,22);1H. The summed E-state index contributed by atoms with van der Waals surface area (Å²) < 4.78 is 0. The number of aromatic nitrogens is 1. The summed E-state index contributed by atoms with van der Waals surface area (Å²) in [7, 11) is 0. The number of hydrogen-bond donors (Lipinski definition) is 4. The van der Waals surface area contributed by atoms with Crippen molar-refractivity contribution in [1.29, 1.82) is 5.41 Å². The van der Waals surface area contributed by atoms with Crippen LogP contribution in [0.15, 0.2) is 48.7 Å². The lowest BCUT2D eigenvalue weighted by atomic mass is 10.00. The van der Waals surface area contributed by atoms with Gasteiger partial charge in [0, 0.05) is 17.0 Å². The maximum atomic E-state index is 11.1. The van der Waals surface area contributed by atoms with Gasteiger partial charge in [-0.05, 0) is 29.3 Å². The van der Waals surface area contributed by atoms with Gasteiger partial charge in [0.1, 0.15) is 5.82 Å². The molecule has 6 nitrogen and oxygen atoms in total. The van der Waals surface area contributed by atoms with E-state index in [0.29, 0.717) is 16.2 Å². The van der Waals surface area contributed by atoms with Crippen LogP contribution < -0.4 is 11.1 Å². The monoisotopic (exact) mass is 376 g/mol. The molecule has 0 spiro atoms. The van der Waals surface area contributed by atoms with Crippen molar-refractivity contribution in [2.45, 2.75) is 0 Å². The van der Waals surface area contributed by atoms with Gasteiger partial charge in [0.2, 0.25) is 0 Å². The van der Waals surface area contributed by atoms with Crippen molar-refractivity contribution < 1.29 is 9.90 Å². The van der Waals surface area contributed by atoms with Gasteiger partial charge in [0.05, 0.1) is 10.6 Å². The van der Waals surface area contributed by atoms with E-state index in [1.807, 2.05) is 24.3 Å². The molecule has 25 heavy (non-hydrogen) atoms. The van der Waals surface area contributed by atoms with E-state index in [1.54, 1.807) is 12.1 Å². The average Bonchev–Trinajstić information content (AvgIpc) is 2.57. The molecule has 3 rings (SSSR count). The Balaban J connectivity index is 0.00000225. The number of carboxylic acid groups (broad SMARTS) is 1. The molecule has 0 unspecified atom stereocenters. The molecule has 0 fully saturated rings. The fourth-order valence-corrected chi connectivity index (χ4v) is 2.66. The molecule has 0 amide bonds. The van der Waals surface area contributed by atoms with Crippen molar-refractivity contribution in [1.82, 2.24) is 4.98 Å². The van der Waals surface area contributed by atoms with Crippen LogP contribution in [0.3, 0.4) is 0 Å². The third-order valence-electron chi connectivity index (χ3n) is 3.53. The number of hydrogen-bond acceptors (Lipinski definition) is 3. The Hall–Kier alpha value is -2.83. The van der Waals surface area contributed by atoms with Crippen molar-refractivity contribution in [2.75, 3.05) is 5.32 Å². The van der Waals surface area contributed by atoms with Crippen LogP contribution >= 0.6 is 24.0 Å². The van der Waals surface area contributed by atoms with Gasteiger partial charge in [-0.15, -0.1) is 12.4 Å². The first-order valence-electron chi connectivity index (χ1n) is 6.99. The zero-order valence-electron chi connectivity index (χ0n) is 12.8. The van der Waals surface area contributed by atoms with Crippen LogP contribution in [0, 0.1) is 5.41 Å². The van der Waals surface area contributed by atoms with Crippen LogP contribution in [0.5, 0.6) is 0 Å². The van der Waals surface area contributed by atoms with Gasteiger partial charge in [0.15, 0.2) is 5.96 Å². The predicted octanol–water partition coefficient (Wildman–Crippen LogP) is 3.98. The van der Waals surface area contributed by atoms with Crippen molar-refractivity contribution in [3.63, 3.8) is 0 Å². The third-order valence-corrected chi connectivity index (χ3v) is 3.84. The van der Waals surface area contributed by atoms with Crippen LogP contribution in [0.25, 0.3) is 21.9 Å². The van der Waals surface area contributed by atoms with E-state index in [9.17, 15) is 4.79 Å². The number of nitrogens with two attached hydrogens (primary N) is 1. The average molecular weight is 377 g/mol. The maximum absolute atomic E-state index is 11.1. The lowest BCUT2D eigenvalue weighted by Crippen LogP contribution is -2.21. The maximum Gasteiger partial charge on any atom is 0.335 e. The van der Waals surface area contributed by atoms with Crippen LogP contribution in [-0.4, -0.2) is 22.0 Å². The fraction of sp³-hybridized carbons (Fsp3) is 0. The summed E-state index contributed by atoms with van der Waals surface area (Å²) in [4.78, 5) is 15.3. The van der Waals surface area contributed by atoms with Gasteiger partial charge in [-0.3, -0.25) is 5.41 Å². The van der Waals surface area contributed by atoms with Gasteiger partial charge >= 0.3 is 5.97 Å². The van der Waals surface area contributed by atoms with Crippen molar-refractivity contribution in [2.24, 2.45) is 5.73 Å². The smallest absolute Gasteiger partial charge is 0.335 e. The first-order chi connectivity index (χ1) is 11.5. The molecule has 0 radical (unpaired) electrons. The molecule has 1 aromatic heterocycles. The molecule has 0 bridgehead atoms. The minimum absolute atomic E-state index is 0. The number of aromatic carboxylic acids is 1. The molecule has 0 aliphatic rings. The molecular formula is C17H14Cl2N4O2. The zero-order valence-corrected chi connectivity index (χ0v) is 14.4. The summed E-state index contributed by atoms with van der Waals surface area (Å²) in [6, 6.07) is 12.2. The van der Waals surface area contributed by atoms with E-state index in [2.05, 4.69) is 10.3 Å². The second kappa shape index (κ2) is 7.38. The largest absolute Gasteiger partial charge is 0.478 e. The van der Waals surface area contributed by atoms with Crippen molar-refractivity contribution in [3.05, 3.63) is 59.2 Å². The number of nitrogens with zero attached hydrogens (tertiary/aromatic N) is 1. The van der Waals surface area contributed by atoms with E-state index in [4.69, 9.17) is 27.9 Å². The van der Waals surface area contributed by atoms with Crippen LogP contribution in [0.2, 0.25) is 5.02 Å². The Morgan fingerprint density at radius 3 is 2.56 bits per heavy atom. The fourth-order valence-electron chi connectivity index (χ4n) is 2.45. The Labute approximate surface area is 154 Å². The molecule has 8 heteroatoms. The molecule has 3 aromatic rings. The number of guanidine groups is 1. The van der Waals surface area contributed by atoms with Crippen LogP contribution in [0.4, 0.5) is 5.82 Å². The second-order valence-corrected chi connectivity index (χ2v) is 5.55. The molecule has 0 aliphatic carbocycles. The third kappa shape index (κ3) is 3.81. The zero-order chi connectivity index (χ0) is 17.3. The molecule has 128 valence electrons. The Morgan fingerprint density at radius 2 is 1.88 bits per heavy atom. The summed E-state index contributed by atoms with van der Waals surface area (Å²) in [5, 5.41) is 21.1. The summed E-state index contributed by atoms with van der Waals surface area (Å²) in [6.07, 6.45) is 1.49. The molecule has 0 saturated carbocycles. The second-order valence-electron chi connectivity index (χ2n) is 5.14. The lowest BCUT2D eigenvalue weighted by Gasteiger charge is -2.11. The van der Waals surface area contributed by atoms with Crippen LogP contribution in [-0.2, 0) is 0 Å². The summed E-state index contributed by atoms with van der Waals surface area (Å²) in [5.74, 6) is -0.802. The Morgan fingerprint density at radius 1 is 1.16 bits per heavy atom. The quantitative estimate of drug-likeness (QED) is 0.407. The Kier molecular flexibility index (Phi) is 5.46. The van der Waals surface area contributed by atoms with E-state index >= 15 is 0 Å². The number of carbonyl (C=O) groups is 1. The molecule has 0 saturated heterocycles. The minimum atomic E-state index is -0.985. The molecular weight excluding hydrogens is 363 g/mol. The van der Waals surface area contributed by atoms with E-state index in [-0.39, 0.29) is 23.9 Å². The first-order valence-corrected chi connectivity index (χ1v) is 7.36. The van der Waals surface area contributed by atoms with Crippen molar-refractivity contribution >= 4 is 52.5 Å². The first kappa shape index (κ1) is 18.5. The normalized spacial score (nSPS) is 10.1. The topological polar surface area (TPSA) is 112 Å². The number of benzene rings is 2. The SMILES string of the molecule is Cl.N=C(N)Nc1ncc(Cl)c2ccc(-c3cccc(C(=O)O)c3)cc12. The highest BCUT2D eigenvalue weighted by Crippen LogP contribution is 2.32. The highest BCUT2D eigenvalue weighted by atomic mass is 35.5. The van der Waals surface area contributed by atoms with Gasteiger partial charge in [-0.1, -0.05) is 35.9 Å². The number of nitrogens with one attached hydrogen (secondary N) is 2. The van der Waals surface area contributed by atoms with E-state index in [1.165, 1.54) is 12.3 Å². The van der Waals surface area contributed by atoms with Gasteiger partial charge < -0.3 is 16.2 Å². The summed E-state index contributed by atoms with van der Waals surface area (Å²) in [6.45, 7) is 0. The minimum Gasteiger partial charge on any atom is -0.478 e. The number of anilines is 1. The highest BCUT2D eigenvalue weighted by molar-refractivity contribution is 6.36. The van der Waals surface area contributed by atoms with Gasteiger partial charge in [0.25, 0.3) is 0 Å². The number of fused-ring (bicyclic) bond motifs is 1. The molecule has 5 N–H and O–H groups in total. The predicted molar refractivity (Wildman–Crippen MR) is 102 cm³/mol. The molecule has 2 aromatic carbocycles. The van der Waals surface area contributed by atoms with E-state index in [0.717, 1.165) is 16.5 Å². The number of pyridine rings is 1. The van der Waals surface area contributed by atoms with Crippen molar-refractivity contribution in [3.8, 4) is 11.1 Å². The van der Waals surface area contributed by atoms with E-state index < -0.39 is 5.97 Å². The van der Waals surface area contributed by atoms with Gasteiger partial charge in [-0.2, -0.15) is 0 Å². The number of carboxylic acids is 1. The molecule has 1 heterocycles. The van der Waals surface area contributed by atoms with Crippen LogP contribution in [0.1, 0.15) is 10.4 Å². The number of halogens is 2. The van der Waals surface area contributed by atoms with Gasteiger partial charge in [-0.25, -0.2) is 9.78 Å². The molecule has 0 aliphatic heterocycles. The Bertz CT molecular complexity index is 976. The lowest BCUT2D eigenvalue weighted by molar-refractivity contribution is 0.0697. The number of rotatable bonds is 3. The summed E-state index contributed by atoms with van der Waals surface area (Å²) in [5.41, 5.74) is 7.16.